The van der Waals surface area contributed by atoms with Gasteiger partial charge in [-0.25, -0.2) is 0 Å². The molecule has 0 saturated carbocycles. The molecule has 0 bridgehead atoms. The lowest BCUT2D eigenvalue weighted by atomic mass is 10.1. The third-order valence-corrected chi connectivity index (χ3v) is 3.96. The third kappa shape index (κ3) is 3.95. The Kier molecular flexibility index (Phi) is 4.83. The van der Waals surface area contributed by atoms with Crippen molar-refractivity contribution >= 4 is 23.1 Å². The second kappa shape index (κ2) is 6.40. The Morgan fingerprint density at radius 3 is 2.32 bits per heavy atom. The van der Waals surface area contributed by atoms with Crippen molar-refractivity contribution in [3.63, 3.8) is 0 Å². The molecule has 0 amide bonds. The van der Waals surface area contributed by atoms with Gasteiger partial charge in [0.25, 0.3) is 0 Å². The van der Waals surface area contributed by atoms with Gasteiger partial charge in [-0.3, -0.25) is 9.69 Å². The summed E-state index contributed by atoms with van der Waals surface area (Å²) in [5.74, 6) is 0.271. The number of hydrogen-bond donors (Lipinski definition) is 0. The maximum absolute atomic E-state index is 11.2. The first-order valence-corrected chi connectivity index (χ1v) is 7.18. The highest BCUT2D eigenvalue weighted by atomic mass is 35.5. The van der Waals surface area contributed by atoms with E-state index in [9.17, 15) is 4.79 Å². The first kappa shape index (κ1) is 14.4. The molecule has 104 valence electrons. The van der Waals surface area contributed by atoms with Crippen molar-refractivity contribution in [3.05, 3.63) is 29.3 Å². The summed E-state index contributed by atoms with van der Waals surface area (Å²) in [5, 5.41) is 0.775. The Labute approximate surface area is 120 Å². The van der Waals surface area contributed by atoms with Crippen LogP contribution in [0.4, 0.5) is 5.69 Å². The van der Waals surface area contributed by atoms with Crippen LogP contribution in [0.25, 0.3) is 0 Å². The van der Waals surface area contributed by atoms with Crippen LogP contribution >= 0.6 is 11.6 Å². The zero-order valence-corrected chi connectivity index (χ0v) is 12.4. The molecular formula is C15H21ClN2O. The van der Waals surface area contributed by atoms with E-state index >= 15 is 0 Å². The first-order valence-electron chi connectivity index (χ1n) is 6.80. The quantitative estimate of drug-likeness (QED) is 0.847. The molecule has 2 rings (SSSR count). The molecule has 1 atom stereocenters. The molecule has 1 aromatic carbocycles. The predicted octanol–water partition coefficient (Wildman–Crippen LogP) is 2.83. The van der Waals surface area contributed by atoms with Crippen LogP contribution in [-0.2, 0) is 4.79 Å². The van der Waals surface area contributed by atoms with Crippen molar-refractivity contribution in [2.45, 2.75) is 26.3 Å². The van der Waals surface area contributed by atoms with E-state index in [4.69, 9.17) is 11.6 Å². The fourth-order valence-electron chi connectivity index (χ4n) is 2.62. The number of halogens is 1. The number of anilines is 1. The van der Waals surface area contributed by atoms with E-state index in [1.54, 1.807) is 6.92 Å². The second-order valence-electron chi connectivity index (χ2n) is 5.25. The van der Waals surface area contributed by atoms with E-state index in [0.29, 0.717) is 12.5 Å². The van der Waals surface area contributed by atoms with Crippen LogP contribution in [0.2, 0.25) is 5.02 Å². The molecule has 0 N–H and O–H groups in total. The van der Waals surface area contributed by atoms with Gasteiger partial charge in [0.1, 0.15) is 5.78 Å². The average Bonchev–Trinajstić information content (AvgIpc) is 2.39. The van der Waals surface area contributed by atoms with Crippen LogP contribution in [0, 0.1) is 0 Å². The molecule has 1 heterocycles. The highest BCUT2D eigenvalue weighted by Crippen LogP contribution is 2.20. The number of rotatable bonds is 4. The molecular weight excluding hydrogens is 260 g/mol. The molecule has 4 heteroatoms. The Hall–Kier alpha value is -1.06. The third-order valence-electron chi connectivity index (χ3n) is 3.71. The van der Waals surface area contributed by atoms with Gasteiger partial charge in [0.05, 0.1) is 0 Å². The van der Waals surface area contributed by atoms with Gasteiger partial charge >= 0.3 is 0 Å². The van der Waals surface area contributed by atoms with Crippen LogP contribution in [0.15, 0.2) is 24.3 Å². The van der Waals surface area contributed by atoms with E-state index in [1.165, 1.54) is 5.69 Å². The number of hydrogen-bond acceptors (Lipinski definition) is 3. The molecule has 0 aliphatic carbocycles. The van der Waals surface area contributed by atoms with Gasteiger partial charge in [0.15, 0.2) is 0 Å². The minimum absolute atomic E-state index is 0.271. The molecule has 1 aliphatic heterocycles. The Morgan fingerprint density at radius 2 is 1.79 bits per heavy atom. The summed E-state index contributed by atoms with van der Waals surface area (Å²) < 4.78 is 0. The topological polar surface area (TPSA) is 23.6 Å². The normalized spacial score (nSPS) is 18.4. The van der Waals surface area contributed by atoms with Crippen LogP contribution in [0.1, 0.15) is 20.3 Å². The second-order valence-corrected chi connectivity index (χ2v) is 5.69. The van der Waals surface area contributed by atoms with Crippen LogP contribution in [0.5, 0.6) is 0 Å². The van der Waals surface area contributed by atoms with Crippen molar-refractivity contribution in [1.29, 1.82) is 0 Å². The van der Waals surface area contributed by atoms with Gasteiger partial charge in [-0.1, -0.05) is 11.6 Å². The highest BCUT2D eigenvalue weighted by molar-refractivity contribution is 6.30. The fraction of sp³-hybridized carbons (Fsp3) is 0.533. The van der Waals surface area contributed by atoms with Crippen LogP contribution in [0.3, 0.4) is 0 Å². The summed E-state index contributed by atoms with van der Waals surface area (Å²) >= 11 is 5.91. The molecule has 19 heavy (non-hydrogen) atoms. The van der Waals surface area contributed by atoms with Gasteiger partial charge < -0.3 is 4.90 Å². The first-order chi connectivity index (χ1) is 9.06. The zero-order chi connectivity index (χ0) is 13.8. The molecule has 0 aromatic heterocycles. The summed E-state index contributed by atoms with van der Waals surface area (Å²) in [7, 11) is 0. The summed E-state index contributed by atoms with van der Waals surface area (Å²) in [5.41, 5.74) is 1.23. The summed E-state index contributed by atoms with van der Waals surface area (Å²) in [6, 6.07) is 8.35. The van der Waals surface area contributed by atoms with Crippen molar-refractivity contribution in [2.24, 2.45) is 0 Å². The molecule has 0 radical (unpaired) electrons. The maximum Gasteiger partial charge on any atom is 0.131 e. The van der Waals surface area contributed by atoms with Gasteiger partial charge in [-0.15, -0.1) is 0 Å². The SMILES string of the molecule is CC(=O)CC(C)N1CCN(c2ccc(Cl)cc2)CC1. The van der Waals surface area contributed by atoms with Crippen molar-refractivity contribution in [1.82, 2.24) is 4.90 Å². The Bertz CT molecular complexity index is 424. The number of piperazine rings is 1. The van der Waals surface area contributed by atoms with Crippen molar-refractivity contribution < 1.29 is 4.79 Å². The monoisotopic (exact) mass is 280 g/mol. The molecule has 1 fully saturated rings. The van der Waals surface area contributed by atoms with E-state index in [1.807, 2.05) is 12.1 Å². The van der Waals surface area contributed by atoms with Gasteiger partial charge in [0, 0.05) is 49.4 Å². The van der Waals surface area contributed by atoms with Crippen LogP contribution in [-0.4, -0.2) is 42.9 Å². The van der Waals surface area contributed by atoms with Crippen molar-refractivity contribution in [2.75, 3.05) is 31.1 Å². The molecule has 1 saturated heterocycles. The molecule has 3 nitrogen and oxygen atoms in total. The lowest BCUT2D eigenvalue weighted by Gasteiger charge is -2.39. The lowest BCUT2D eigenvalue weighted by Crippen LogP contribution is -2.50. The number of carbonyl (C=O) groups excluding carboxylic acids is 1. The predicted molar refractivity (Wildman–Crippen MR) is 80.0 cm³/mol. The van der Waals surface area contributed by atoms with E-state index in [-0.39, 0.29) is 5.78 Å². The number of ketones is 1. The molecule has 1 aliphatic rings. The Balaban J connectivity index is 1.88. The molecule has 1 aromatic rings. The van der Waals surface area contributed by atoms with Gasteiger partial charge in [-0.05, 0) is 38.1 Å². The minimum atomic E-state index is 0.271. The maximum atomic E-state index is 11.2. The highest BCUT2D eigenvalue weighted by Gasteiger charge is 2.21. The number of benzene rings is 1. The minimum Gasteiger partial charge on any atom is -0.369 e. The number of Topliss-reactive ketones (excluding diaryl/α,β-unsaturated/α-hetero) is 1. The Morgan fingerprint density at radius 1 is 1.21 bits per heavy atom. The van der Waals surface area contributed by atoms with Gasteiger partial charge in [0.2, 0.25) is 0 Å². The summed E-state index contributed by atoms with van der Waals surface area (Å²) in [6.07, 6.45) is 0.654. The summed E-state index contributed by atoms with van der Waals surface area (Å²) in [6.45, 7) is 7.84. The standard InChI is InChI=1S/C15H21ClN2O/c1-12(11-13(2)19)17-7-9-18(10-8-17)15-5-3-14(16)4-6-15/h3-6,12H,7-11H2,1-2H3. The average molecular weight is 281 g/mol. The van der Waals surface area contributed by atoms with E-state index in [2.05, 4.69) is 28.9 Å². The van der Waals surface area contributed by atoms with Crippen molar-refractivity contribution in [3.8, 4) is 0 Å². The van der Waals surface area contributed by atoms with Gasteiger partial charge in [-0.2, -0.15) is 0 Å². The molecule has 0 spiro atoms. The number of carbonyl (C=O) groups is 1. The largest absolute Gasteiger partial charge is 0.369 e. The smallest absolute Gasteiger partial charge is 0.131 e. The van der Waals surface area contributed by atoms with E-state index in [0.717, 1.165) is 31.2 Å². The molecule has 1 unspecified atom stereocenters. The number of nitrogens with zero attached hydrogens (tertiary/aromatic N) is 2. The summed E-state index contributed by atoms with van der Waals surface area (Å²) in [4.78, 5) is 15.9. The van der Waals surface area contributed by atoms with Crippen LogP contribution < -0.4 is 4.90 Å². The zero-order valence-electron chi connectivity index (χ0n) is 11.6. The fourth-order valence-corrected chi connectivity index (χ4v) is 2.74. The van der Waals surface area contributed by atoms with E-state index < -0.39 is 0 Å². The lowest BCUT2D eigenvalue weighted by molar-refractivity contribution is -0.118.